The van der Waals surface area contributed by atoms with Crippen LogP contribution >= 0.6 is 15.9 Å². The van der Waals surface area contributed by atoms with Gasteiger partial charge in [0.15, 0.2) is 5.78 Å². The minimum Gasteiger partial charge on any atom is -1.00 e. The zero-order valence-corrected chi connectivity index (χ0v) is 47.8. The van der Waals surface area contributed by atoms with Gasteiger partial charge < -0.3 is 46.7 Å². The Morgan fingerprint density at radius 1 is 0.855 bits per heavy atom. The van der Waals surface area contributed by atoms with Gasteiger partial charge in [-0.25, -0.2) is 4.79 Å². The van der Waals surface area contributed by atoms with Crippen LogP contribution in [0.5, 0.6) is 5.75 Å². The maximum absolute atomic E-state index is 12.3. The number of hydrogen-bond donors (Lipinski definition) is 5. The molecule has 368 valence electrons. The number of carboxylic acid groups (broad SMARTS) is 2. The average molecular weight is 1080 g/mol. The van der Waals surface area contributed by atoms with Crippen molar-refractivity contribution >= 4 is 59.2 Å². The molecule has 5 aromatic rings. The number of alkyl halides is 1. The number of fused-ring (bicyclic) bond motifs is 1. The van der Waals surface area contributed by atoms with Crippen molar-refractivity contribution < 1.29 is 172 Å². The topological polar surface area (TPSA) is 331 Å². The van der Waals surface area contributed by atoms with E-state index in [1.165, 1.54) is 21.0 Å². The normalized spacial score (nSPS) is 11.4. The third-order valence-electron chi connectivity index (χ3n) is 8.70. The number of aromatic amines is 1. The van der Waals surface area contributed by atoms with Crippen LogP contribution in [-0.4, -0.2) is 117 Å². The molecular formula is C42H59BBrK2N9O14. The van der Waals surface area contributed by atoms with E-state index >= 15 is 0 Å². The van der Waals surface area contributed by atoms with Crippen LogP contribution in [-0.2, 0) is 90.2 Å². The Balaban J connectivity index is -0.000000848. The number of aromatic carboxylic acids is 1. The number of esters is 2. The second-order valence-corrected chi connectivity index (χ2v) is 14.2. The molecule has 0 saturated heterocycles. The molecule has 27 heteroatoms. The molecule has 0 spiro atoms. The maximum Gasteiger partial charge on any atom is 1.00 e. The van der Waals surface area contributed by atoms with E-state index in [0.29, 0.717) is 37.1 Å². The molecule has 5 heterocycles. The van der Waals surface area contributed by atoms with Crippen molar-refractivity contribution in [3.8, 4) is 5.75 Å². The number of nitrogens with one attached hydrogen (secondary N) is 1. The zero-order valence-electron chi connectivity index (χ0n) is 41.0. The van der Waals surface area contributed by atoms with E-state index in [1.54, 1.807) is 61.6 Å². The summed E-state index contributed by atoms with van der Waals surface area (Å²) in [6.45, 7) is 11.0. The Morgan fingerprint density at radius 3 is 1.78 bits per heavy atom. The number of ether oxygens (including phenoxy) is 2. The molecule has 0 amide bonds. The van der Waals surface area contributed by atoms with Gasteiger partial charge in [-0.05, 0) is 67.9 Å². The van der Waals surface area contributed by atoms with E-state index < -0.39 is 24.9 Å². The van der Waals surface area contributed by atoms with Crippen LogP contribution < -0.4 is 118 Å². The summed E-state index contributed by atoms with van der Waals surface area (Å²) in [6.07, 6.45) is 17.5. The minimum atomic E-state index is -1.23. The molecule has 0 saturated carbocycles. The van der Waals surface area contributed by atoms with Gasteiger partial charge in [0, 0.05) is 49.1 Å². The Morgan fingerprint density at radius 2 is 1.38 bits per heavy atom. The summed E-state index contributed by atoms with van der Waals surface area (Å²) >= 11 is 2.94. The molecule has 0 aliphatic carbocycles. The van der Waals surface area contributed by atoms with Crippen molar-refractivity contribution in [1.29, 1.82) is 0 Å². The summed E-state index contributed by atoms with van der Waals surface area (Å²) in [5.41, 5.74) is 10.5. The molecule has 1 aliphatic rings. The first-order chi connectivity index (χ1) is 32.1. The van der Waals surface area contributed by atoms with E-state index in [2.05, 4.69) is 58.0 Å². The van der Waals surface area contributed by atoms with Gasteiger partial charge in [0.05, 0.1) is 50.1 Å². The predicted molar refractivity (Wildman–Crippen MR) is 243 cm³/mol. The van der Waals surface area contributed by atoms with Gasteiger partial charge in [0.1, 0.15) is 24.2 Å². The molecule has 0 unspecified atom stereocenters. The number of aryl methyl sites for hydroxylation is 3. The van der Waals surface area contributed by atoms with Crippen molar-refractivity contribution in [2.75, 3.05) is 18.5 Å². The summed E-state index contributed by atoms with van der Waals surface area (Å²) in [6, 6.07) is 4.79. The second-order valence-electron chi connectivity index (χ2n) is 13.7. The molecule has 1 aliphatic heterocycles. The maximum atomic E-state index is 12.3. The van der Waals surface area contributed by atoms with Crippen LogP contribution in [0.4, 0.5) is 0 Å². The molecule has 69 heavy (non-hydrogen) atoms. The summed E-state index contributed by atoms with van der Waals surface area (Å²) in [5.74, 6) is -2.80. The molecule has 1 aromatic carbocycles. The molecule has 0 radical (unpaired) electrons. The first-order valence-electron chi connectivity index (χ1n) is 20.9. The number of rotatable bonds is 17. The molecule has 6 rings (SSSR count). The van der Waals surface area contributed by atoms with Crippen LogP contribution in [0.15, 0.2) is 67.8 Å². The number of hydrogen-bond acceptors (Lipinski definition) is 17. The fourth-order valence-corrected chi connectivity index (χ4v) is 5.62. The van der Waals surface area contributed by atoms with Gasteiger partial charge in [-0.1, -0.05) is 48.8 Å². The van der Waals surface area contributed by atoms with Crippen LogP contribution in [0.2, 0.25) is 5.82 Å². The predicted octanol–water partition coefficient (Wildman–Crippen LogP) is -3.50. The van der Waals surface area contributed by atoms with Gasteiger partial charge in [0.25, 0.3) is 6.47 Å². The number of nitrogens with two attached hydrogens (primary N) is 1. The molecule has 1 atom stereocenters. The number of para-hydroxylation sites is 1. The van der Waals surface area contributed by atoms with Gasteiger partial charge in [0.2, 0.25) is 0 Å². The molecule has 23 nitrogen and oxygen atoms in total. The number of carboxylic acids is 2. The Hall–Kier alpha value is -3.42. The van der Waals surface area contributed by atoms with Gasteiger partial charge in [-0.3, -0.25) is 43.1 Å². The average Bonchev–Trinajstić information content (AvgIpc) is 4.17. The monoisotopic (exact) mass is 1080 g/mol. The van der Waals surface area contributed by atoms with Gasteiger partial charge >= 0.3 is 134 Å². The summed E-state index contributed by atoms with van der Waals surface area (Å²) in [5, 5.41) is 54.9. The summed E-state index contributed by atoms with van der Waals surface area (Å²) < 4.78 is 19.2. The SMILES string of the molecule is CCOC(=O)CBr.CCOC(=O)Cn1cc(CC)cn1.CCc1cn[nH]c1.CCc1cnn(CC(=O)O)c1.NCc1cnn(CC(=O)C[C@H]2Cc3cccc(C(=O)O)c3OB2O)c1.O=CO[O-].[H-].[K+].[K+]. The number of carbonyl (C=O) groups excluding carboxylic acids is 4. The number of benzene rings is 1. The van der Waals surface area contributed by atoms with Gasteiger partial charge in [-0.15, -0.1) is 0 Å². The number of ketones is 1. The standard InChI is InChI=1S/C16H18BN3O5.C9H14N2O2.C7H10N2O2.C5H8N2.C4H7BrO2.CH2O3.2K.H/c18-6-10-7-19-20(8-10)9-13(21)5-12-4-11-2-1-3-14(16(22)23)15(11)25-17(12)24;1-3-8-5-10-11(6-8)7-9(12)13-4-2;1-2-6-3-8-9(4-6)5-7(10)11;1-2-5-3-6-7-4-5;1-2-7-4(6)3-5;2-1-4-3;;;/h1-3,7-8,12,24H,4-6,9,18H2,(H,22,23);5-6H,3-4,7H2,1-2H3;3-4H,2,5H2,1H3,(H,10,11);3-4H,2H2,1H3,(H,6,7);2-3H2,1H3;1,3H;;;/q;;;;;;2*+1;-1/p-1/t12-;;;;;;;;/m1......../s1. The zero-order chi connectivity index (χ0) is 50.1. The molecular weight excluding hydrogens is 1020 g/mol. The van der Waals surface area contributed by atoms with Crippen LogP contribution in [0.25, 0.3) is 0 Å². The van der Waals surface area contributed by atoms with Crippen molar-refractivity contribution in [2.24, 2.45) is 5.73 Å². The van der Waals surface area contributed by atoms with E-state index in [0.717, 1.165) is 36.0 Å². The summed E-state index contributed by atoms with van der Waals surface area (Å²) in [4.78, 5) is 66.1. The number of carbonyl (C=O) groups is 6. The van der Waals surface area contributed by atoms with E-state index in [4.69, 9.17) is 30.3 Å². The number of Topliss-reactive ketones (excluding diaryl/α,β-unsaturated/α-hetero) is 1. The molecule has 0 bridgehead atoms. The van der Waals surface area contributed by atoms with Crippen LogP contribution in [0.1, 0.15) is 80.6 Å². The fraction of sp³-hybridized carbons (Fsp3) is 0.429. The number of aliphatic carboxylic acids is 1. The van der Waals surface area contributed by atoms with Crippen molar-refractivity contribution in [1.82, 2.24) is 39.5 Å². The fourth-order valence-electron chi connectivity index (χ4n) is 5.46. The van der Waals surface area contributed by atoms with Crippen LogP contribution in [0.3, 0.4) is 0 Å². The van der Waals surface area contributed by atoms with Crippen molar-refractivity contribution in [3.05, 3.63) is 101 Å². The minimum absolute atomic E-state index is 0. The van der Waals surface area contributed by atoms with Crippen LogP contribution in [0, 0.1) is 0 Å². The third kappa shape index (κ3) is 28.9. The van der Waals surface area contributed by atoms with Crippen molar-refractivity contribution in [3.63, 3.8) is 0 Å². The van der Waals surface area contributed by atoms with E-state index in [-0.39, 0.29) is 166 Å². The first-order valence-corrected chi connectivity index (χ1v) is 22.0. The number of halogens is 1. The van der Waals surface area contributed by atoms with Crippen molar-refractivity contribution in [2.45, 2.75) is 98.7 Å². The van der Waals surface area contributed by atoms with E-state index in [1.807, 2.05) is 32.4 Å². The molecule has 6 N–H and O–H groups in total. The number of H-pyrrole nitrogens is 1. The second kappa shape index (κ2) is 40.2. The van der Waals surface area contributed by atoms with E-state index in [9.17, 15) is 34.1 Å². The Labute approximate surface area is 495 Å². The first kappa shape index (κ1) is 67.7. The molecule has 0 fully saturated rings. The largest absolute Gasteiger partial charge is 1.00 e. The Kier molecular flexibility index (Phi) is 39.4. The molecule has 4 aromatic heterocycles. The summed E-state index contributed by atoms with van der Waals surface area (Å²) in [7, 11) is -1.23. The van der Waals surface area contributed by atoms with Gasteiger partial charge in [-0.2, -0.15) is 20.4 Å². The quantitative estimate of drug-likeness (QED) is 0.0151. The number of aromatic nitrogens is 8. The smallest absolute Gasteiger partial charge is 1.00 e. The Bertz CT molecular complexity index is 2240. The third-order valence-corrected chi connectivity index (χ3v) is 9.16. The number of nitrogens with zero attached hydrogens (tertiary/aromatic N) is 7.